The molecule has 2 rings (SSSR count). The lowest BCUT2D eigenvalue weighted by atomic mass is 10.2. The Bertz CT molecular complexity index is 550. The summed E-state index contributed by atoms with van der Waals surface area (Å²) in [6.45, 7) is 0. The van der Waals surface area contributed by atoms with Gasteiger partial charge in [0.15, 0.2) is 5.82 Å². The van der Waals surface area contributed by atoms with Gasteiger partial charge in [-0.05, 0) is 18.2 Å². The molecule has 0 unspecified atom stereocenters. The van der Waals surface area contributed by atoms with Gasteiger partial charge in [-0.1, -0.05) is 0 Å². The first-order valence-electron chi connectivity index (χ1n) is 4.75. The van der Waals surface area contributed by atoms with Crippen molar-refractivity contribution in [3.05, 3.63) is 36.0 Å². The van der Waals surface area contributed by atoms with Crippen LogP contribution in [0.1, 0.15) is 5.56 Å². The summed E-state index contributed by atoms with van der Waals surface area (Å²) >= 11 is 0. The molecule has 1 heterocycles. The van der Waals surface area contributed by atoms with E-state index < -0.39 is 0 Å². The van der Waals surface area contributed by atoms with Crippen LogP contribution in [-0.2, 0) is 7.05 Å². The van der Waals surface area contributed by atoms with Crippen LogP contribution in [0.2, 0.25) is 0 Å². The lowest BCUT2D eigenvalue weighted by molar-refractivity contribution is 0.771. The molecule has 0 saturated heterocycles. The maximum atomic E-state index is 8.70. The van der Waals surface area contributed by atoms with Gasteiger partial charge in [-0.2, -0.15) is 10.4 Å². The largest absolute Gasteiger partial charge is 0.397 e. The Kier molecular flexibility index (Phi) is 2.48. The molecule has 0 atom stereocenters. The second-order valence-corrected chi connectivity index (χ2v) is 3.41. The molecule has 0 aliphatic heterocycles. The number of aromatic nitrogens is 2. The number of nitrogens with two attached hydrogens (primary N) is 1. The van der Waals surface area contributed by atoms with Gasteiger partial charge in [-0.15, -0.1) is 0 Å². The molecule has 2 aromatic rings. The van der Waals surface area contributed by atoms with Gasteiger partial charge in [-0.3, -0.25) is 4.68 Å². The summed E-state index contributed by atoms with van der Waals surface area (Å²) in [5, 5.41) is 16.0. The predicted molar refractivity (Wildman–Crippen MR) is 62.1 cm³/mol. The number of benzene rings is 1. The van der Waals surface area contributed by atoms with E-state index in [0.29, 0.717) is 11.3 Å². The van der Waals surface area contributed by atoms with E-state index in [1.807, 2.05) is 25.4 Å². The van der Waals surface area contributed by atoms with Gasteiger partial charge in [0.2, 0.25) is 0 Å². The van der Waals surface area contributed by atoms with Crippen molar-refractivity contribution in [3.63, 3.8) is 0 Å². The number of rotatable bonds is 2. The first kappa shape index (κ1) is 10.1. The predicted octanol–water partition coefficient (Wildman–Crippen LogP) is 1.62. The molecule has 0 aliphatic rings. The van der Waals surface area contributed by atoms with E-state index in [-0.39, 0.29) is 0 Å². The quantitative estimate of drug-likeness (QED) is 0.743. The van der Waals surface area contributed by atoms with Crippen molar-refractivity contribution in [2.24, 2.45) is 7.05 Å². The number of nitrogens with one attached hydrogen (secondary N) is 1. The third-order valence-corrected chi connectivity index (χ3v) is 2.16. The van der Waals surface area contributed by atoms with Gasteiger partial charge in [0.1, 0.15) is 0 Å². The maximum Gasteiger partial charge on any atom is 0.152 e. The maximum absolute atomic E-state index is 8.70. The van der Waals surface area contributed by atoms with Crippen LogP contribution in [0, 0.1) is 11.3 Å². The summed E-state index contributed by atoms with van der Waals surface area (Å²) in [6.07, 6.45) is 1.84. The van der Waals surface area contributed by atoms with Gasteiger partial charge in [0.25, 0.3) is 0 Å². The van der Waals surface area contributed by atoms with Crippen molar-refractivity contribution < 1.29 is 0 Å². The smallest absolute Gasteiger partial charge is 0.152 e. The summed E-state index contributed by atoms with van der Waals surface area (Å²) in [5.41, 5.74) is 7.63. The number of aryl methyl sites for hydroxylation is 1. The fourth-order valence-corrected chi connectivity index (χ4v) is 1.37. The molecule has 0 fully saturated rings. The summed E-state index contributed by atoms with van der Waals surface area (Å²) in [7, 11) is 1.84. The summed E-state index contributed by atoms with van der Waals surface area (Å²) in [5.74, 6) is 0.721. The molecule has 5 nitrogen and oxygen atoms in total. The van der Waals surface area contributed by atoms with Crippen molar-refractivity contribution in [1.82, 2.24) is 9.78 Å². The van der Waals surface area contributed by atoms with Gasteiger partial charge in [-0.25, -0.2) is 0 Å². The highest BCUT2D eigenvalue weighted by molar-refractivity contribution is 5.72. The van der Waals surface area contributed by atoms with Crippen LogP contribution < -0.4 is 11.1 Å². The van der Waals surface area contributed by atoms with Gasteiger partial charge >= 0.3 is 0 Å². The standard InChI is InChI=1S/C11H11N5/c1-16-5-4-11(15-16)14-10-3-2-8(7-12)6-9(10)13/h2-6H,13H2,1H3,(H,14,15). The number of nitrogens with zero attached hydrogens (tertiary/aromatic N) is 3. The molecule has 3 N–H and O–H groups in total. The van der Waals surface area contributed by atoms with E-state index in [1.54, 1.807) is 22.9 Å². The van der Waals surface area contributed by atoms with E-state index in [9.17, 15) is 0 Å². The fourth-order valence-electron chi connectivity index (χ4n) is 1.37. The monoisotopic (exact) mass is 213 g/mol. The molecule has 0 radical (unpaired) electrons. The number of hydrogen-bond donors (Lipinski definition) is 2. The highest BCUT2D eigenvalue weighted by Crippen LogP contribution is 2.22. The van der Waals surface area contributed by atoms with Crippen molar-refractivity contribution >= 4 is 17.2 Å². The summed E-state index contributed by atoms with van der Waals surface area (Å²) in [4.78, 5) is 0. The third-order valence-electron chi connectivity index (χ3n) is 2.16. The molecular weight excluding hydrogens is 202 g/mol. The van der Waals surface area contributed by atoms with Gasteiger partial charge in [0.05, 0.1) is 23.0 Å². The summed E-state index contributed by atoms with van der Waals surface area (Å²) in [6, 6.07) is 8.99. The summed E-state index contributed by atoms with van der Waals surface area (Å²) < 4.78 is 1.70. The minimum Gasteiger partial charge on any atom is -0.397 e. The molecule has 1 aromatic carbocycles. The average molecular weight is 213 g/mol. The molecule has 0 bridgehead atoms. The average Bonchev–Trinajstić information content (AvgIpc) is 2.67. The Morgan fingerprint density at radius 1 is 1.44 bits per heavy atom. The zero-order valence-corrected chi connectivity index (χ0v) is 8.81. The third kappa shape index (κ3) is 1.96. The number of nitrogen functional groups attached to an aromatic ring is 1. The zero-order valence-electron chi connectivity index (χ0n) is 8.81. The molecule has 0 aliphatic carbocycles. The van der Waals surface area contributed by atoms with Gasteiger partial charge < -0.3 is 11.1 Å². The van der Waals surface area contributed by atoms with Crippen molar-refractivity contribution in [3.8, 4) is 6.07 Å². The Morgan fingerprint density at radius 3 is 2.81 bits per heavy atom. The van der Waals surface area contributed by atoms with Crippen LogP contribution in [0.25, 0.3) is 0 Å². The number of anilines is 3. The molecule has 16 heavy (non-hydrogen) atoms. The zero-order chi connectivity index (χ0) is 11.5. The minimum atomic E-state index is 0.532. The van der Waals surface area contributed by atoms with E-state index >= 15 is 0 Å². The van der Waals surface area contributed by atoms with Crippen molar-refractivity contribution in [2.75, 3.05) is 11.1 Å². The van der Waals surface area contributed by atoms with E-state index in [1.165, 1.54) is 0 Å². The normalized spacial score (nSPS) is 9.75. The molecule has 80 valence electrons. The Hall–Kier alpha value is -2.48. The number of nitriles is 1. The van der Waals surface area contributed by atoms with E-state index in [0.717, 1.165) is 11.5 Å². The van der Waals surface area contributed by atoms with E-state index in [4.69, 9.17) is 11.0 Å². The van der Waals surface area contributed by atoms with Crippen LogP contribution in [0.15, 0.2) is 30.5 Å². The highest BCUT2D eigenvalue weighted by atomic mass is 15.3. The molecular formula is C11H11N5. The van der Waals surface area contributed by atoms with Crippen LogP contribution in [0.3, 0.4) is 0 Å². The minimum absolute atomic E-state index is 0.532. The first-order valence-corrected chi connectivity index (χ1v) is 4.75. The lowest BCUT2D eigenvalue weighted by Gasteiger charge is -2.06. The fraction of sp³-hybridized carbons (Fsp3) is 0.0909. The Morgan fingerprint density at radius 2 is 2.25 bits per heavy atom. The molecule has 0 saturated carbocycles. The van der Waals surface area contributed by atoms with Crippen molar-refractivity contribution in [2.45, 2.75) is 0 Å². The highest BCUT2D eigenvalue weighted by Gasteiger charge is 2.02. The molecule has 0 amide bonds. The second-order valence-electron chi connectivity index (χ2n) is 3.41. The topological polar surface area (TPSA) is 79.7 Å². The van der Waals surface area contributed by atoms with Crippen LogP contribution in [0.5, 0.6) is 0 Å². The van der Waals surface area contributed by atoms with E-state index in [2.05, 4.69) is 10.4 Å². The molecule has 5 heteroatoms. The second kappa shape index (κ2) is 3.95. The Balaban J connectivity index is 2.26. The van der Waals surface area contributed by atoms with Crippen LogP contribution in [0.4, 0.5) is 17.2 Å². The lowest BCUT2D eigenvalue weighted by Crippen LogP contribution is -1.98. The molecule has 1 aromatic heterocycles. The van der Waals surface area contributed by atoms with Gasteiger partial charge in [0, 0.05) is 19.3 Å². The van der Waals surface area contributed by atoms with Crippen LogP contribution >= 0.6 is 0 Å². The van der Waals surface area contributed by atoms with Crippen LogP contribution in [-0.4, -0.2) is 9.78 Å². The van der Waals surface area contributed by atoms with Crippen molar-refractivity contribution in [1.29, 1.82) is 5.26 Å². The number of hydrogen-bond acceptors (Lipinski definition) is 4. The Labute approximate surface area is 93.1 Å². The SMILES string of the molecule is Cn1ccc(Nc2ccc(C#N)cc2N)n1. The molecule has 0 spiro atoms. The first-order chi connectivity index (χ1) is 7.69.